The van der Waals surface area contributed by atoms with Crippen LogP contribution in [-0.4, -0.2) is 80.1 Å². The van der Waals surface area contributed by atoms with Gasteiger partial charge in [0, 0.05) is 55.6 Å². The van der Waals surface area contributed by atoms with E-state index >= 15 is 0 Å². The van der Waals surface area contributed by atoms with Crippen molar-refractivity contribution in [2.45, 2.75) is 44.2 Å². The summed E-state index contributed by atoms with van der Waals surface area (Å²) >= 11 is 1.60. The van der Waals surface area contributed by atoms with E-state index in [2.05, 4.69) is 45.6 Å². The average Bonchev–Trinajstić information content (AvgIpc) is 2.84. The Balaban J connectivity index is 1.35. The molecule has 1 fully saturated rings. The van der Waals surface area contributed by atoms with Gasteiger partial charge in [-0.25, -0.2) is 0 Å². The first-order valence-corrected chi connectivity index (χ1v) is 13.4. The minimum atomic E-state index is -4.33. The molecule has 34 heavy (non-hydrogen) atoms. The Morgan fingerprint density at radius 3 is 2.26 bits per heavy atom. The van der Waals surface area contributed by atoms with Crippen molar-refractivity contribution in [2.24, 2.45) is 0 Å². The molecular formula is C26H37F3N4S. The lowest BCUT2D eigenvalue weighted by molar-refractivity contribution is -0.137. The van der Waals surface area contributed by atoms with E-state index in [-0.39, 0.29) is 0 Å². The van der Waals surface area contributed by atoms with Gasteiger partial charge in [0.1, 0.15) is 0 Å². The summed E-state index contributed by atoms with van der Waals surface area (Å²) in [6.07, 6.45) is 2.97. The Kier molecular flexibility index (Phi) is 8.66. The van der Waals surface area contributed by atoms with Crippen LogP contribution in [0.2, 0.25) is 0 Å². The molecule has 2 heterocycles. The average molecular weight is 495 g/mol. The number of rotatable bonds is 9. The second-order valence-corrected chi connectivity index (χ2v) is 10.3. The van der Waals surface area contributed by atoms with Crippen molar-refractivity contribution in [1.29, 1.82) is 0 Å². The molecule has 2 aliphatic heterocycles. The zero-order valence-corrected chi connectivity index (χ0v) is 21.2. The molecule has 1 aromatic rings. The summed E-state index contributed by atoms with van der Waals surface area (Å²) in [5.41, 5.74) is 1.22. The summed E-state index contributed by atoms with van der Waals surface area (Å²) in [7, 11) is 0. The first-order chi connectivity index (χ1) is 16.4. The molecule has 3 aliphatic rings. The van der Waals surface area contributed by atoms with Crippen molar-refractivity contribution in [1.82, 2.24) is 14.7 Å². The van der Waals surface area contributed by atoms with E-state index in [4.69, 9.17) is 0 Å². The number of thioether (sulfide) groups is 1. The Labute approximate surface area is 206 Å². The molecule has 4 nitrogen and oxygen atoms in total. The molecule has 8 heteroatoms. The number of hydrogen-bond acceptors (Lipinski definition) is 5. The first-order valence-electron chi connectivity index (χ1n) is 12.6. The second kappa shape index (κ2) is 11.5. The predicted molar refractivity (Wildman–Crippen MR) is 135 cm³/mol. The minimum Gasteiger partial charge on any atom is -0.340 e. The number of fused-ring (bicyclic) bond motifs is 2. The quantitative estimate of drug-likeness (QED) is 0.446. The fourth-order valence-corrected chi connectivity index (χ4v) is 6.11. The first kappa shape index (κ1) is 25.6. The van der Waals surface area contributed by atoms with Crippen molar-refractivity contribution >= 4 is 17.4 Å². The normalized spacial score (nSPS) is 19.6. The summed E-state index contributed by atoms with van der Waals surface area (Å²) in [4.78, 5) is 11.8. The topological polar surface area (TPSA) is 13.0 Å². The summed E-state index contributed by atoms with van der Waals surface area (Å²) in [6.45, 7) is 14.9. The van der Waals surface area contributed by atoms with Crippen LogP contribution < -0.4 is 4.90 Å². The van der Waals surface area contributed by atoms with E-state index in [9.17, 15) is 13.2 Å². The highest BCUT2D eigenvalue weighted by Crippen LogP contribution is 2.49. The highest BCUT2D eigenvalue weighted by Gasteiger charge is 2.34. The lowest BCUT2D eigenvalue weighted by atomic mass is 10.1. The molecule has 0 spiro atoms. The van der Waals surface area contributed by atoms with E-state index in [1.807, 2.05) is 0 Å². The molecule has 0 aromatic heterocycles. The van der Waals surface area contributed by atoms with Crippen LogP contribution in [-0.2, 0) is 6.18 Å². The highest BCUT2D eigenvalue weighted by molar-refractivity contribution is 8.03. The molecule has 0 N–H and O–H groups in total. The fourth-order valence-electron chi connectivity index (χ4n) is 4.97. The van der Waals surface area contributed by atoms with Gasteiger partial charge in [-0.1, -0.05) is 37.8 Å². The molecule has 0 amide bonds. The van der Waals surface area contributed by atoms with Crippen molar-refractivity contribution in [2.75, 3.05) is 70.3 Å². The molecule has 1 aromatic carbocycles. The summed E-state index contributed by atoms with van der Waals surface area (Å²) < 4.78 is 40.3. The molecule has 0 bridgehead atoms. The number of hydrogen-bond donors (Lipinski definition) is 0. The Bertz CT molecular complexity index is 887. The van der Waals surface area contributed by atoms with Gasteiger partial charge in [-0.15, -0.1) is 0 Å². The Morgan fingerprint density at radius 2 is 1.59 bits per heavy atom. The molecule has 0 atom stereocenters. The maximum atomic E-state index is 13.4. The molecular weight excluding hydrogens is 457 g/mol. The van der Waals surface area contributed by atoms with Gasteiger partial charge < -0.3 is 14.7 Å². The predicted octanol–water partition coefficient (Wildman–Crippen LogP) is 5.53. The maximum absolute atomic E-state index is 13.4. The number of nitrogens with zero attached hydrogens (tertiary/aromatic N) is 4. The molecule has 1 aliphatic carbocycles. The van der Waals surface area contributed by atoms with Crippen LogP contribution >= 0.6 is 11.8 Å². The van der Waals surface area contributed by atoms with Crippen molar-refractivity contribution in [3.63, 3.8) is 0 Å². The van der Waals surface area contributed by atoms with E-state index in [1.165, 1.54) is 17.0 Å². The lowest BCUT2D eigenvalue weighted by Crippen LogP contribution is -2.48. The number of halogens is 3. The van der Waals surface area contributed by atoms with Crippen LogP contribution in [0.4, 0.5) is 18.9 Å². The van der Waals surface area contributed by atoms with Crippen LogP contribution in [0.15, 0.2) is 45.8 Å². The monoisotopic (exact) mass is 494 g/mol. The van der Waals surface area contributed by atoms with Gasteiger partial charge in [-0.05, 0) is 57.1 Å². The SMILES string of the molecule is CCN(CC)CCN1CCN(CCCN2C3=CCCC=C3Sc3ccc(C(F)(F)F)cc32)CC1. The van der Waals surface area contributed by atoms with Gasteiger partial charge >= 0.3 is 6.18 Å². The number of alkyl halides is 3. The summed E-state index contributed by atoms with van der Waals surface area (Å²) in [5.74, 6) is 0. The summed E-state index contributed by atoms with van der Waals surface area (Å²) in [5, 5.41) is 0. The Hall–Kier alpha value is -1.48. The van der Waals surface area contributed by atoms with Gasteiger partial charge in [0.2, 0.25) is 0 Å². The lowest BCUT2D eigenvalue weighted by Gasteiger charge is -2.38. The van der Waals surface area contributed by atoms with Crippen molar-refractivity contribution < 1.29 is 13.2 Å². The van der Waals surface area contributed by atoms with Crippen LogP contribution in [0, 0.1) is 0 Å². The number of anilines is 1. The third-order valence-electron chi connectivity index (χ3n) is 7.12. The largest absolute Gasteiger partial charge is 0.416 e. The Morgan fingerprint density at radius 1 is 0.912 bits per heavy atom. The van der Waals surface area contributed by atoms with Crippen molar-refractivity contribution in [3.05, 3.63) is 46.5 Å². The summed E-state index contributed by atoms with van der Waals surface area (Å²) in [6, 6.07) is 4.19. The third-order valence-corrected chi connectivity index (χ3v) is 8.28. The molecule has 188 valence electrons. The van der Waals surface area contributed by atoms with Gasteiger partial charge in [0.25, 0.3) is 0 Å². The third kappa shape index (κ3) is 6.20. The standard InChI is InChI=1S/C26H37F3N4S/c1-3-30(4-2)14-15-32-18-16-31(17-19-32)12-7-13-33-22-8-5-6-9-24(22)34-25-11-10-21(20-23(25)33)26(27,28)29/h8-11,20H,3-7,12-19H2,1-2H3. The van der Waals surface area contributed by atoms with Gasteiger partial charge in [0.15, 0.2) is 0 Å². The minimum absolute atomic E-state index is 0.568. The van der Waals surface area contributed by atoms with Crippen molar-refractivity contribution in [3.8, 4) is 0 Å². The van der Waals surface area contributed by atoms with E-state index in [0.717, 1.165) is 95.3 Å². The fraction of sp³-hybridized carbons (Fsp3) is 0.615. The molecule has 0 unspecified atom stereocenters. The maximum Gasteiger partial charge on any atom is 0.416 e. The number of benzene rings is 1. The van der Waals surface area contributed by atoms with Gasteiger partial charge in [-0.2, -0.15) is 13.2 Å². The van der Waals surface area contributed by atoms with Gasteiger partial charge in [0.05, 0.1) is 16.9 Å². The number of piperazine rings is 1. The van der Waals surface area contributed by atoms with Crippen LogP contribution in [0.1, 0.15) is 38.7 Å². The molecule has 1 saturated heterocycles. The number of allylic oxidation sites excluding steroid dienone is 2. The van der Waals surface area contributed by atoms with E-state index in [1.54, 1.807) is 17.8 Å². The van der Waals surface area contributed by atoms with E-state index < -0.39 is 11.7 Å². The van der Waals surface area contributed by atoms with Crippen LogP contribution in [0.5, 0.6) is 0 Å². The number of likely N-dealkylation sites (N-methyl/N-ethyl adjacent to an activating group) is 1. The van der Waals surface area contributed by atoms with Crippen LogP contribution in [0.25, 0.3) is 0 Å². The molecule has 0 saturated carbocycles. The van der Waals surface area contributed by atoms with Gasteiger partial charge in [-0.3, -0.25) is 4.90 Å². The van der Waals surface area contributed by atoms with Crippen LogP contribution in [0.3, 0.4) is 0 Å². The molecule has 4 rings (SSSR count). The zero-order valence-electron chi connectivity index (χ0n) is 20.4. The van der Waals surface area contributed by atoms with E-state index in [0.29, 0.717) is 5.69 Å². The smallest absolute Gasteiger partial charge is 0.340 e. The molecule has 0 radical (unpaired) electrons. The highest BCUT2D eigenvalue weighted by atomic mass is 32.2. The zero-order chi connectivity index (χ0) is 24.1. The second-order valence-electron chi connectivity index (χ2n) is 9.23.